The van der Waals surface area contributed by atoms with Gasteiger partial charge in [0.05, 0.1) is 30.5 Å². The molecule has 1 aliphatic rings. The van der Waals surface area contributed by atoms with E-state index >= 15 is 0 Å². The van der Waals surface area contributed by atoms with E-state index in [-0.39, 0.29) is 28.6 Å². The number of anilines is 1. The molecule has 0 radical (unpaired) electrons. The molecule has 1 aliphatic heterocycles. The molecule has 3 amide bonds. The van der Waals surface area contributed by atoms with Crippen molar-refractivity contribution in [1.82, 2.24) is 20.6 Å². The van der Waals surface area contributed by atoms with E-state index in [0.29, 0.717) is 43.2 Å². The zero-order valence-corrected chi connectivity index (χ0v) is 33.8. The number of unbranched alkanes of at least 4 members (excludes halogenated alkanes) is 1. The summed E-state index contributed by atoms with van der Waals surface area (Å²) < 4.78 is 49.7. The van der Waals surface area contributed by atoms with E-state index in [1.165, 1.54) is 30.3 Å². The maximum atomic E-state index is 13.3. The van der Waals surface area contributed by atoms with Gasteiger partial charge in [-0.1, -0.05) is 68.4 Å². The Morgan fingerprint density at radius 3 is 2.39 bits per heavy atom. The van der Waals surface area contributed by atoms with E-state index < -0.39 is 51.7 Å². The number of imide groups is 1. The summed E-state index contributed by atoms with van der Waals surface area (Å²) in [5.74, 6) is -1.96. The predicted octanol–water partition coefficient (Wildman–Crippen LogP) is 5.72. The lowest BCUT2D eigenvalue weighted by Crippen LogP contribution is -2.51. The molecule has 0 aliphatic carbocycles. The third-order valence-corrected chi connectivity index (χ3v) is 10.4. The normalized spacial score (nSPS) is 12.7. The number of carboxylic acid groups (broad SMARTS) is 1. The number of fused-ring (bicyclic) bond motifs is 1. The minimum absolute atomic E-state index is 0.0329. The molecule has 316 valence electrons. The maximum Gasteiger partial charge on any atom is 0.305 e. The van der Waals surface area contributed by atoms with Crippen LogP contribution in [0.5, 0.6) is 17.4 Å². The molecule has 0 fully saturated rings. The molecule has 2 aromatic heterocycles. The van der Waals surface area contributed by atoms with Crippen LogP contribution in [0.15, 0.2) is 113 Å². The number of carbonyl (C=O) groups excluding carboxylic acids is 3. The first-order valence-corrected chi connectivity index (χ1v) is 20.4. The van der Waals surface area contributed by atoms with Gasteiger partial charge in [-0.3, -0.25) is 34.5 Å². The second-order valence-electron chi connectivity index (χ2n) is 14.5. The molecule has 0 saturated heterocycles. The lowest BCUT2D eigenvalue weighted by molar-refractivity contribution is -0.142. The van der Waals surface area contributed by atoms with E-state index in [2.05, 4.69) is 26.1 Å². The highest BCUT2D eigenvalue weighted by Gasteiger charge is 2.32. The summed E-state index contributed by atoms with van der Waals surface area (Å²) in [6.45, 7) is 3.76. The van der Waals surface area contributed by atoms with Crippen molar-refractivity contribution < 1.29 is 51.5 Å². The smallest absolute Gasteiger partial charge is 0.305 e. The first-order valence-electron chi connectivity index (χ1n) is 19.0. The monoisotopic (exact) mass is 850 g/mol. The Balaban J connectivity index is 1.00. The molecule has 61 heavy (non-hydrogen) atoms. The first-order chi connectivity index (χ1) is 29.2. The van der Waals surface area contributed by atoms with Crippen LogP contribution >= 0.6 is 0 Å². The van der Waals surface area contributed by atoms with Gasteiger partial charge in [0.2, 0.25) is 24.5 Å². The van der Waals surface area contributed by atoms with Gasteiger partial charge in [-0.05, 0) is 66.8 Å². The molecule has 0 bridgehead atoms. The number of pyridine rings is 2. The average molecular weight is 851 g/mol. The molecule has 0 unspecified atom stereocenters. The average Bonchev–Trinajstić information content (AvgIpc) is 3.72. The molecule has 17 nitrogen and oxygen atoms in total. The quantitative estimate of drug-likeness (QED) is 0.0306. The molecule has 0 spiro atoms. The SMILES string of the molecule is CC(C)(CCCCOc1cc(-c2ccc3c(c2)OCO3)cc(-c2ccccc2)n1)C(=O)NC(=O)[C@H](CC(=O)O)NC(=O)c1ccc(N/N=C/c2ccccc2S(=O)(=O)O)nc1. The van der Waals surface area contributed by atoms with Gasteiger partial charge in [0.15, 0.2) is 11.5 Å². The molecular weight excluding hydrogens is 809 g/mol. The summed E-state index contributed by atoms with van der Waals surface area (Å²) in [5, 5.41) is 18.0. The van der Waals surface area contributed by atoms with Gasteiger partial charge >= 0.3 is 5.97 Å². The third-order valence-electron chi connectivity index (χ3n) is 9.48. The van der Waals surface area contributed by atoms with Crippen molar-refractivity contribution in [3.8, 4) is 39.8 Å². The highest BCUT2D eigenvalue weighted by Crippen LogP contribution is 2.37. The van der Waals surface area contributed by atoms with Crippen LogP contribution in [-0.2, 0) is 24.5 Å². The Hall–Kier alpha value is -7.18. The van der Waals surface area contributed by atoms with Crippen LogP contribution < -0.4 is 30.3 Å². The van der Waals surface area contributed by atoms with Crippen LogP contribution in [0.25, 0.3) is 22.4 Å². The van der Waals surface area contributed by atoms with Crippen molar-refractivity contribution in [3.05, 3.63) is 114 Å². The van der Waals surface area contributed by atoms with Crippen molar-refractivity contribution in [1.29, 1.82) is 0 Å². The minimum atomic E-state index is -4.49. The van der Waals surface area contributed by atoms with Crippen molar-refractivity contribution in [3.63, 3.8) is 0 Å². The molecule has 1 atom stereocenters. The fourth-order valence-electron chi connectivity index (χ4n) is 6.12. The summed E-state index contributed by atoms with van der Waals surface area (Å²) in [6.07, 6.45) is 2.94. The van der Waals surface area contributed by atoms with Crippen LogP contribution in [0.2, 0.25) is 0 Å². The van der Waals surface area contributed by atoms with Gasteiger partial charge < -0.3 is 24.6 Å². The summed E-state index contributed by atoms with van der Waals surface area (Å²) in [6, 6.07) is 26.0. The number of ether oxygens (including phenoxy) is 3. The number of carboxylic acids is 1. The number of hydrogen-bond donors (Lipinski definition) is 5. The third kappa shape index (κ3) is 11.7. The van der Waals surface area contributed by atoms with Crippen LogP contribution in [-0.4, -0.2) is 77.4 Å². The van der Waals surface area contributed by atoms with Gasteiger partial charge in [0.25, 0.3) is 16.0 Å². The number of hydrazone groups is 1. The number of rotatable bonds is 18. The zero-order valence-electron chi connectivity index (χ0n) is 33.0. The Labute approximate surface area is 350 Å². The fourth-order valence-corrected chi connectivity index (χ4v) is 6.79. The van der Waals surface area contributed by atoms with Gasteiger partial charge in [0.1, 0.15) is 16.8 Å². The minimum Gasteiger partial charge on any atom is -0.481 e. The summed E-state index contributed by atoms with van der Waals surface area (Å²) >= 11 is 0. The van der Waals surface area contributed by atoms with Crippen molar-refractivity contribution in [2.45, 2.75) is 50.5 Å². The number of amides is 3. The number of nitrogens with one attached hydrogen (secondary N) is 3. The molecule has 5 aromatic rings. The highest BCUT2D eigenvalue weighted by atomic mass is 32.2. The van der Waals surface area contributed by atoms with Gasteiger partial charge in [-0.25, -0.2) is 9.97 Å². The Morgan fingerprint density at radius 2 is 1.66 bits per heavy atom. The first kappa shape index (κ1) is 43.4. The Bertz CT molecular complexity index is 2550. The Morgan fingerprint density at radius 1 is 0.902 bits per heavy atom. The second-order valence-corrected chi connectivity index (χ2v) is 15.9. The molecule has 3 heterocycles. The number of benzene rings is 3. The van der Waals surface area contributed by atoms with E-state index in [0.717, 1.165) is 34.8 Å². The number of hydrogen-bond acceptors (Lipinski definition) is 13. The van der Waals surface area contributed by atoms with Crippen LogP contribution in [0.4, 0.5) is 5.82 Å². The van der Waals surface area contributed by atoms with E-state index in [9.17, 15) is 37.3 Å². The lowest BCUT2D eigenvalue weighted by Gasteiger charge is -2.24. The van der Waals surface area contributed by atoms with E-state index in [1.54, 1.807) is 19.9 Å². The summed E-state index contributed by atoms with van der Waals surface area (Å²) in [7, 11) is -4.49. The van der Waals surface area contributed by atoms with Crippen molar-refractivity contribution >= 4 is 45.8 Å². The summed E-state index contributed by atoms with van der Waals surface area (Å²) in [5.41, 5.74) is 5.00. The molecule has 3 aromatic carbocycles. The van der Waals surface area contributed by atoms with Crippen molar-refractivity contribution in [2.75, 3.05) is 18.8 Å². The molecular formula is C43H42N6O11S. The largest absolute Gasteiger partial charge is 0.481 e. The predicted molar refractivity (Wildman–Crippen MR) is 223 cm³/mol. The van der Waals surface area contributed by atoms with Gasteiger partial charge in [0, 0.05) is 28.8 Å². The molecule has 6 rings (SSSR count). The standard InChI is InChI=1S/C43H42N6O11S/c1-43(2,18-8-9-19-58-38-22-31(20-32(46-38)27-10-4-3-5-11-27)28-14-16-34-35(21-28)60-26-59-34)42(54)48-41(53)33(23-39(50)51)47-40(52)30-15-17-37(44-24-30)49-45-25-29-12-6-7-13-36(29)61(55,56)57/h3-7,10-17,20-22,24-25,33H,8-9,18-19,23,26H2,1-2H3,(H,44,49)(H,47,52)(H,50,51)(H,48,53,54)(H,55,56,57)/b45-25+/t33-/m0/s1. The fraction of sp³-hybridized carbons (Fsp3) is 0.233. The van der Waals surface area contributed by atoms with Gasteiger partial charge in [-0.15, -0.1) is 0 Å². The van der Waals surface area contributed by atoms with Gasteiger partial charge in [-0.2, -0.15) is 13.5 Å². The van der Waals surface area contributed by atoms with E-state index in [4.69, 9.17) is 19.2 Å². The molecule has 0 saturated carbocycles. The zero-order chi connectivity index (χ0) is 43.6. The molecule has 5 N–H and O–H groups in total. The highest BCUT2D eigenvalue weighted by molar-refractivity contribution is 7.86. The number of carbonyl (C=O) groups is 4. The number of aliphatic carboxylic acids is 1. The second kappa shape index (κ2) is 19.3. The van der Waals surface area contributed by atoms with Crippen LogP contribution in [0.3, 0.4) is 0 Å². The number of aromatic nitrogens is 2. The topological polar surface area (TPSA) is 245 Å². The van der Waals surface area contributed by atoms with Crippen LogP contribution in [0, 0.1) is 5.41 Å². The maximum absolute atomic E-state index is 13.3. The lowest BCUT2D eigenvalue weighted by atomic mass is 9.86. The van der Waals surface area contributed by atoms with Crippen molar-refractivity contribution in [2.24, 2.45) is 10.5 Å². The molecule has 18 heteroatoms. The van der Waals surface area contributed by atoms with Crippen LogP contribution in [0.1, 0.15) is 55.5 Å². The number of nitrogens with zero attached hydrogens (tertiary/aromatic N) is 3. The van der Waals surface area contributed by atoms with E-state index in [1.807, 2.05) is 60.7 Å². The Kier molecular flexibility index (Phi) is 13.7. The summed E-state index contributed by atoms with van der Waals surface area (Å²) in [4.78, 5) is 59.6.